The molecule has 1 aromatic rings. The van der Waals surface area contributed by atoms with Gasteiger partial charge in [-0.3, -0.25) is 9.59 Å². The number of amides is 2. The van der Waals surface area contributed by atoms with Gasteiger partial charge < -0.3 is 19.7 Å². The Morgan fingerprint density at radius 2 is 2.09 bits per heavy atom. The average molecular weight is 320 g/mol. The van der Waals surface area contributed by atoms with Crippen molar-refractivity contribution in [3.8, 4) is 11.5 Å². The molecular formula is C17H24N2O4. The third-order valence-electron chi connectivity index (χ3n) is 4.01. The molecule has 0 aromatic heterocycles. The zero-order valence-electron chi connectivity index (χ0n) is 13.9. The van der Waals surface area contributed by atoms with Crippen molar-refractivity contribution >= 4 is 11.8 Å². The summed E-state index contributed by atoms with van der Waals surface area (Å²) in [6.45, 7) is 2.79. The Morgan fingerprint density at radius 1 is 1.30 bits per heavy atom. The number of benzene rings is 1. The first-order valence-electron chi connectivity index (χ1n) is 7.79. The van der Waals surface area contributed by atoms with Crippen molar-refractivity contribution in [3.05, 3.63) is 23.8 Å². The second-order valence-electron chi connectivity index (χ2n) is 5.73. The first kappa shape index (κ1) is 17.1. The molecule has 0 radical (unpaired) electrons. The maximum Gasteiger partial charge on any atom is 0.227 e. The SMILES string of the molecule is COc1ccc(OC)c(CC(=O)N2CCCC(NC(C)=O)C2)c1. The minimum absolute atomic E-state index is 0.0339. The molecule has 23 heavy (non-hydrogen) atoms. The molecule has 1 N–H and O–H groups in total. The van der Waals surface area contributed by atoms with Crippen LogP contribution in [0, 0.1) is 0 Å². The highest BCUT2D eigenvalue weighted by atomic mass is 16.5. The number of ether oxygens (including phenoxy) is 2. The lowest BCUT2D eigenvalue weighted by molar-refractivity contribution is -0.132. The lowest BCUT2D eigenvalue weighted by Gasteiger charge is -2.33. The van der Waals surface area contributed by atoms with Gasteiger partial charge in [-0.25, -0.2) is 0 Å². The van der Waals surface area contributed by atoms with Gasteiger partial charge in [-0.2, -0.15) is 0 Å². The largest absolute Gasteiger partial charge is 0.497 e. The Morgan fingerprint density at radius 3 is 2.74 bits per heavy atom. The van der Waals surface area contributed by atoms with E-state index in [0.717, 1.165) is 24.9 Å². The number of piperidine rings is 1. The van der Waals surface area contributed by atoms with Crippen molar-refractivity contribution in [2.45, 2.75) is 32.2 Å². The maximum atomic E-state index is 12.6. The van der Waals surface area contributed by atoms with Crippen LogP contribution in [-0.2, 0) is 16.0 Å². The van der Waals surface area contributed by atoms with Crippen LogP contribution in [0.15, 0.2) is 18.2 Å². The number of carbonyl (C=O) groups excluding carboxylic acids is 2. The summed E-state index contributed by atoms with van der Waals surface area (Å²) in [5.41, 5.74) is 0.804. The Kier molecular flexibility index (Phi) is 5.84. The molecule has 0 saturated carbocycles. The quantitative estimate of drug-likeness (QED) is 0.890. The van der Waals surface area contributed by atoms with E-state index < -0.39 is 0 Å². The van der Waals surface area contributed by atoms with Crippen LogP contribution in [0.4, 0.5) is 0 Å². The minimum Gasteiger partial charge on any atom is -0.497 e. The second-order valence-corrected chi connectivity index (χ2v) is 5.73. The molecule has 126 valence electrons. The maximum absolute atomic E-state index is 12.6. The van der Waals surface area contributed by atoms with E-state index in [1.807, 2.05) is 11.0 Å². The van der Waals surface area contributed by atoms with Crippen LogP contribution in [-0.4, -0.2) is 50.1 Å². The van der Waals surface area contributed by atoms with Crippen LogP contribution < -0.4 is 14.8 Å². The van der Waals surface area contributed by atoms with Crippen LogP contribution in [0.5, 0.6) is 11.5 Å². The first-order chi connectivity index (χ1) is 11.0. The van der Waals surface area contributed by atoms with E-state index in [-0.39, 0.29) is 24.3 Å². The Labute approximate surface area is 136 Å². The molecule has 1 saturated heterocycles. The molecule has 1 aliphatic heterocycles. The summed E-state index contributed by atoms with van der Waals surface area (Å²) >= 11 is 0. The molecular weight excluding hydrogens is 296 g/mol. The zero-order chi connectivity index (χ0) is 16.8. The van der Waals surface area contributed by atoms with Gasteiger partial charge >= 0.3 is 0 Å². The lowest BCUT2D eigenvalue weighted by atomic mass is 10.0. The number of hydrogen-bond acceptors (Lipinski definition) is 4. The summed E-state index contributed by atoms with van der Waals surface area (Å²) in [4.78, 5) is 25.6. The highest BCUT2D eigenvalue weighted by molar-refractivity contribution is 5.80. The third kappa shape index (κ3) is 4.61. The summed E-state index contributed by atoms with van der Waals surface area (Å²) in [6.07, 6.45) is 2.06. The molecule has 6 heteroatoms. The zero-order valence-corrected chi connectivity index (χ0v) is 13.9. The van der Waals surface area contributed by atoms with E-state index in [0.29, 0.717) is 18.0 Å². The van der Waals surface area contributed by atoms with Crippen LogP contribution in [0.1, 0.15) is 25.3 Å². The lowest BCUT2D eigenvalue weighted by Crippen LogP contribution is -2.49. The average Bonchev–Trinajstić information content (AvgIpc) is 2.54. The van der Waals surface area contributed by atoms with Crippen LogP contribution >= 0.6 is 0 Å². The summed E-state index contributed by atoms with van der Waals surface area (Å²) in [7, 11) is 3.18. The van der Waals surface area contributed by atoms with Gasteiger partial charge in [0.25, 0.3) is 0 Å². The number of rotatable bonds is 5. The smallest absolute Gasteiger partial charge is 0.227 e. The Bertz CT molecular complexity index is 574. The summed E-state index contributed by atoms with van der Waals surface area (Å²) in [5, 5.41) is 2.89. The predicted octanol–water partition coefficient (Wildman–Crippen LogP) is 1.37. The van der Waals surface area contributed by atoms with E-state index >= 15 is 0 Å². The van der Waals surface area contributed by atoms with Gasteiger partial charge in [-0.15, -0.1) is 0 Å². The standard InChI is InChI=1S/C17H24N2O4/c1-12(20)18-14-5-4-8-19(11-14)17(21)10-13-9-15(22-2)6-7-16(13)23-3/h6-7,9,14H,4-5,8,10-11H2,1-3H3,(H,18,20). The van der Waals surface area contributed by atoms with E-state index in [1.54, 1.807) is 26.4 Å². The van der Waals surface area contributed by atoms with Crippen molar-refractivity contribution in [1.29, 1.82) is 0 Å². The number of hydrogen-bond donors (Lipinski definition) is 1. The summed E-state index contributed by atoms with van der Waals surface area (Å²) in [5.74, 6) is 1.35. The van der Waals surface area contributed by atoms with Crippen LogP contribution in [0.25, 0.3) is 0 Å². The van der Waals surface area contributed by atoms with Crippen LogP contribution in [0.3, 0.4) is 0 Å². The molecule has 1 fully saturated rings. The van der Waals surface area contributed by atoms with E-state index in [4.69, 9.17) is 9.47 Å². The fourth-order valence-electron chi connectivity index (χ4n) is 2.90. The van der Waals surface area contributed by atoms with Crippen molar-refractivity contribution in [2.75, 3.05) is 27.3 Å². The number of methoxy groups -OCH3 is 2. The highest BCUT2D eigenvalue weighted by Crippen LogP contribution is 2.25. The highest BCUT2D eigenvalue weighted by Gasteiger charge is 2.24. The molecule has 2 rings (SSSR count). The van der Waals surface area contributed by atoms with Gasteiger partial charge in [0.2, 0.25) is 11.8 Å². The third-order valence-corrected chi connectivity index (χ3v) is 4.01. The predicted molar refractivity (Wildman–Crippen MR) is 86.7 cm³/mol. The molecule has 1 aliphatic rings. The molecule has 0 aliphatic carbocycles. The number of carbonyl (C=O) groups is 2. The first-order valence-corrected chi connectivity index (χ1v) is 7.79. The fourth-order valence-corrected chi connectivity index (χ4v) is 2.90. The van der Waals surface area contributed by atoms with E-state index in [9.17, 15) is 9.59 Å². The van der Waals surface area contributed by atoms with Crippen molar-refractivity contribution in [2.24, 2.45) is 0 Å². The number of nitrogens with zero attached hydrogens (tertiary/aromatic N) is 1. The normalized spacial score (nSPS) is 17.5. The monoisotopic (exact) mass is 320 g/mol. The molecule has 1 aromatic carbocycles. The van der Waals surface area contributed by atoms with Crippen LogP contribution in [0.2, 0.25) is 0 Å². The van der Waals surface area contributed by atoms with Gasteiger partial charge in [0.1, 0.15) is 11.5 Å². The molecule has 1 unspecified atom stereocenters. The molecule has 1 heterocycles. The van der Waals surface area contributed by atoms with Crippen molar-refractivity contribution in [1.82, 2.24) is 10.2 Å². The van der Waals surface area contributed by atoms with Gasteiger partial charge in [0.15, 0.2) is 0 Å². The number of likely N-dealkylation sites (tertiary alicyclic amines) is 1. The summed E-state index contributed by atoms with van der Waals surface area (Å²) < 4.78 is 10.5. The van der Waals surface area contributed by atoms with Gasteiger partial charge in [0, 0.05) is 31.6 Å². The molecule has 0 bridgehead atoms. The van der Waals surface area contributed by atoms with E-state index in [1.165, 1.54) is 6.92 Å². The van der Waals surface area contributed by atoms with Gasteiger partial charge in [-0.1, -0.05) is 0 Å². The Hall–Kier alpha value is -2.24. The van der Waals surface area contributed by atoms with Gasteiger partial charge in [-0.05, 0) is 31.0 Å². The van der Waals surface area contributed by atoms with Crippen molar-refractivity contribution in [3.63, 3.8) is 0 Å². The topological polar surface area (TPSA) is 67.9 Å². The molecule has 6 nitrogen and oxygen atoms in total. The fraction of sp³-hybridized carbons (Fsp3) is 0.529. The minimum atomic E-state index is -0.0567. The Balaban J connectivity index is 2.05. The molecule has 2 amide bonds. The van der Waals surface area contributed by atoms with Crippen molar-refractivity contribution < 1.29 is 19.1 Å². The summed E-state index contributed by atoms with van der Waals surface area (Å²) in [6, 6.07) is 5.47. The number of nitrogens with one attached hydrogen (secondary N) is 1. The molecule has 0 spiro atoms. The second kappa shape index (κ2) is 7.85. The van der Waals surface area contributed by atoms with Gasteiger partial charge in [0.05, 0.1) is 20.6 Å². The molecule has 1 atom stereocenters. The van der Waals surface area contributed by atoms with E-state index in [2.05, 4.69) is 5.32 Å².